The van der Waals surface area contributed by atoms with Crippen LogP contribution in [0.5, 0.6) is 0 Å². The van der Waals surface area contributed by atoms with Gasteiger partial charge in [-0.05, 0) is 43.9 Å². The Bertz CT molecular complexity index is 496. The van der Waals surface area contributed by atoms with Crippen LogP contribution < -0.4 is 0 Å². The fourth-order valence-corrected chi connectivity index (χ4v) is 2.73. The highest BCUT2D eigenvalue weighted by atomic mass is 16.5. The normalized spacial score (nSPS) is 24.6. The molecule has 0 aliphatic heterocycles. The van der Waals surface area contributed by atoms with Crippen LogP contribution in [-0.4, -0.2) is 12.9 Å². The van der Waals surface area contributed by atoms with Gasteiger partial charge in [0.05, 0.1) is 0 Å². The minimum atomic E-state index is -0.425. The second-order valence-corrected chi connectivity index (χ2v) is 5.07. The van der Waals surface area contributed by atoms with Crippen molar-refractivity contribution >= 4 is 5.78 Å². The summed E-state index contributed by atoms with van der Waals surface area (Å²) in [5, 5.41) is 0. The van der Waals surface area contributed by atoms with E-state index < -0.39 is 5.60 Å². The molecule has 0 amide bonds. The number of ether oxygens (including phenoxy) is 1. The first-order valence-electron chi connectivity index (χ1n) is 6.34. The summed E-state index contributed by atoms with van der Waals surface area (Å²) in [6.07, 6.45) is 1.29. The highest BCUT2D eigenvalue weighted by molar-refractivity contribution is 5.97. The Hall–Kier alpha value is -1.41. The number of carbonyl (C=O) groups excluding carboxylic acids is 1. The minimum absolute atomic E-state index is 0.243. The first-order valence-corrected chi connectivity index (χ1v) is 6.34. The Labute approximate surface area is 109 Å². The fourth-order valence-electron chi connectivity index (χ4n) is 2.73. The summed E-state index contributed by atoms with van der Waals surface area (Å²) < 4.78 is 5.83. The minimum Gasteiger partial charge on any atom is -0.369 e. The second-order valence-electron chi connectivity index (χ2n) is 5.07. The Morgan fingerprint density at radius 3 is 2.28 bits per heavy atom. The predicted octanol–water partition coefficient (Wildman–Crippen LogP) is 3.54. The topological polar surface area (TPSA) is 26.3 Å². The van der Waals surface area contributed by atoms with E-state index in [0.717, 1.165) is 23.1 Å². The highest BCUT2D eigenvalue weighted by Gasteiger charge is 2.39. The van der Waals surface area contributed by atoms with Gasteiger partial charge in [-0.1, -0.05) is 29.8 Å². The van der Waals surface area contributed by atoms with Crippen LogP contribution in [0.15, 0.2) is 35.4 Å². The van der Waals surface area contributed by atoms with Gasteiger partial charge in [0.25, 0.3) is 0 Å². The molecule has 0 heterocycles. The van der Waals surface area contributed by atoms with Crippen LogP contribution >= 0.6 is 0 Å². The maximum atomic E-state index is 11.8. The van der Waals surface area contributed by atoms with Crippen molar-refractivity contribution in [3.8, 4) is 0 Å². The largest absolute Gasteiger partial charge is 0.369 e. The average Bonchev–Trinajstić information content (AvgIpc) is 2.38. The number of hydrogen-bond donors (Lipinski definition) is 0. The summed E-state index contributed by atoms with van der Waals surface area (Å²) in [7, 11) is 1.73. The number of aryl methyl sites for hydroxylation is 1. The lowest BCUT2D eigenvalue weighted by molar-refractivity contribution is -0.118. The van der Waals surface area contributed by atoms with Crippen molar-refractivity contribution in [1.29, 1.82) is 0 Å². The van der Waals surface area contributed by atoms with E-state index in [9.17, 15) is 4.79 Å². The van der Waals surface area contributed by atoms with E-state index in [0.29, 0.717) is 6.42 Å². The molecule has 0 aromatic heterocycles. The van der Waals surface area contributed by atoms with Gasteiger partial charge in [-0.3, -0.25) is 4.79 Å². The van der Waals surface area contributed by atoms with E-state index in [1.54, 1.807) is 7.11 Å². The summed E-state index contributed by atoms with van der Waals surface area (Å²) >= 11 is 0. The third-order valence-electron chi connectivity index (χ3n) is 4.16. The zero-order valence-corrected chi connectivity index (χ0v) is 11.5. The smallest absolute Gasteiger partial charge is 0.158 e. The number of allylic oxidation sites excluding steroid dienone is 1. The highest BCUT2D eigenvalue weighted by Crippen LogP contribution is 2.42. The lowest BCUT2D eigenvalue weighted by atomic mass is 9.75. The van der Waals surface area contributed by atoms with Crippen molar-refractivity contribution in [2.24, 2.45) is 0 Å². The average molecular weight is 244 g/mol. The Balaban J connectivity index is 2.56. The lowest BCUT2D eigenvalue weighted by Crippen LogP contribution is -2.35. The zero-order valence-electron chi connectivity index (χ0n) is 11.5. The Morgan fingerprint density at radius 2 is 1.72 bits per heavy atom. The van der Waals surface area contributed by atoms with Gasteiger partial charge < -0.3 is 4.74 Å². The second kappa shape index (κ2) is 4.69. The fraction of sp³-hybridized carbons (Fsp3) is 0.438. The van der Waals surface area contributed by atoms with Crippen molar-refractivity contribution in [3.63, 3.8) is 0 Å². The van der Waals surface area contributed by atoms with Gasteiger partial charge in [0.1, 0.15) is 5.60 Å². The number of Topliss-reactive ketones (excluding diaryl/α,β-unsaturated/α-hetero) is 1. The van der Waals surface area contributed by atoms with Gasteiger partial charge in [-0.2, -0.15) is 0 Å². The summed E-state index contributed by atoms with van der Waals surface area (Å²) in [5.41, 5.74) is 3.84. The van der Waals surface area contributed by atoms with Crippen LogP contribution in [-0.2, 0) is 15.1 Å². The van der Waals surface area contributed by atoms with Crippen molar-refractivity contribution in [1.82, 2.24) is 0 Å². The molecular formula is C16H20O2. The third-order valence-corrected chi connectivity index (χ3v) is 4.16. The van der Waals surface area contributed by atoms with E-state index in [1.165, 1.54) is 5.56 Å². The van der Waals surface area contributed by atoms with E-state index in [2.05, 4.69) is 31.2 Å². The van der Waals surface area contributed by atoms with Crippen LogP contribution in [0, 0.1) is 6.92 Å². The lowest BCUT2D eigenvalue weighted by Gasteiger charge is -2.38. The molecule has 2 rings (SSSR count). The molecular weight excluding hydrogens is 224 g/mol. The molecule has 0 bridgehead atoms. The number of rotatable bonds is 2. The maximum absolute atomic E-state index is 11.8. The molecule has 0 radical (unpaired) electrons. The van der Waals surface area contributed by atoms with Gasteiger partial charge in [-0.25, -0.2) is 0 Å². The number of benzene rings is 1. The number of hydrogen-bond acceptors (Lipinski definition) is 2. The van der Waals surface area contributed by atoms with Crippen LogP contribution in [0.25, 0.3) is 0 Å². The first kappa shape index (κ1) is 13.0. The standard InChI is InChI=1S/C16H20O2/c1-11-5-7-14(8-6-11)16(18-4)10-9-15(17)12(2)13(16)3/h5-8H,9-10H2,1-4H3. The third kappa shape index (κ3) is 1.91. The molecule has 1 atom stereocenters. The molecule has 0 saturated heterocycles. The predicted molar refractivity (Wildman–Crippen MR) is 72.5 cm³/mol. The molecule has 0 saturated carbocycles. The van der Waals surface area contributed by atoms with Crippen molar-refractivity contribution in [2.45, 2.75) is 39.2 Å². The molecule has 1 unspecified atom stereocenters. The number of methoxy groups -OCH3 is 1. The molecule has 1 aromatic rings. The SMILES string of the molecule is COC1(c2ccc(C)cc2)CCC(=O)C(C)=C1C. The van der Waals surface area contributed by atoms with E-state index in [4.69, 9.17) is 4.74 Å². The van der Waals surface area contributed by atoms with Gasteiger partial charge in [0, 0.05) is 13.5 Å². The Kier molecular flexibility index (Phi) is 3.40. The monoisotopic (exact) mass is 244 g/mol. The molecule has 96 valence electrons. The molecule has 1 aromatic carbocycles. The number of carbonyl (C=O) groups is 1. The first-order chi connectivity index (χ1) is 8.51. The van der Waals surface area contributed by atoms with Crippen molar-refractivity contribution in [2.75, 3.05) is 7.11 Å². The zero-order chi connectivity index (χ0) is 13.3. The van der Waals surface area contributed by atoms with Crippen LogP contribution in [0.2, 0.25) is 0 Å². The van der Waals surface area contributed by atoms with E-state index >= 15 is 0 Å². The van der Waals surface area contributed by atoms with E-state index in [-0.39, 0.29) is 5.78 Å². The quantitative estimate of drug-likeness (QED) is 0.795. The molecule has 0 fully saturated rings. The molecule has 1 aliphatic carbocycles. The molecule has 2 heteroatoms. The van der Waals surface area contributed by atoms with Crippen molar-refractivity contribution in [3.05, 3.63) is 46.5 Å². The van der Waals surface area contributed by atoms with Gasteiger partial charge >= 0.3 is 0 Å². The van der Waals surface area contributed by atoms with Crippen LogP contribution in [0.1, 0.15) is 37.8 Å². The molecule has 18 heavy (non-hydrogen) atoms. The van der Waals surface area contributed by atoms with Gasteiger partial charge in [-0.15, -0.1) is 0 Å². The molecule has 2 nitrogen and oxygen atoms in total. The Morgan fingerprint density at radius 1 is 1.11 bits per heavy atom. The van der Waals surface area contributed by atoms with Crippen molar-refractivity contribution < 1.29 is 9.53 Å². The van der Waals surface area contributed by atoms with Gasteiger partial charge in [0.15, 0.2) is 5.78 Å². The summed E-state index contributed by atoms with van der Waals surface area (Å²) in [5.74, 6) is 0.243. The summed E-state index contributed by atoms with van der Waals surface area (Å²) in [4.78, 5) is 11.8. The van der Waals surface area contributed by atoms with E-state index in [1.807, 2.05) is 13.8 Å². The summed E-state index contributed by atoms with van der Waals surface area (Å²) in [6, 6.07) is 8.39. The van der Waals surface area contributed by atoms with Crippen LogP contribution in [0.4, 0.5) is 0 Å². The number of ketones is 1. The summed E-state index contributed by atoms with van der Waals surface area (Å²) in [6.45, 7) is 5.98. The van der Waals surface area contributed by atoms with Crippen LogP contribution in [0.3, 0.4) is 0 Å². The van der Waals surface area contributed by atoms with Gasteiger partial charge in [0.2, 0.25) is 0 Å². The molecule has 0 N–H and O–H groups in total. The maximum Gasteiger partial charge on any atom is 0.158 e. The molecule has 1 aliphatic rings. The molecule has 0 spiro atoms.